The molecule has 11 heteroatoms. The molecule has 0 saturated carbocycles. The number of rotatable bonds is 6. The summed E-state index contributed by atoms with van der Waals surface area (Å²) in [5.74, 6) is -2.63. The van der Waals surface area contributed by atoms with Crippen molar-refractivity contribution in [1.82, 2.24) is 5.32 Å². The van der Waals surface area contributed by atoms with Crippen molar-refractivity contribution in [2.75, 3.05) is 6.61 Å². The van der Waals surface area contributed by atoms with Crippen LogP contribution < -0.4 is 5.32 Å². The minimum absolute atomic E-state index is 0.547. The number of hydrogen-bond acceptors (Lipinski definition) is 7. The van der Waals surface area contributed by atoms with Crippen LogP contribution in [-0.2, 0) is 14.3 Å². The highest BCUT2D eigenvalue weighted by Crippen LogP contribution is 2.24. The summed E-state index contributed by atoms with van der Waals surface area (Å²) in [5.41, 5.74) is 8.55. The molecule has 22 heavy (non-hydrogen) atoms. The lowest BCUT2D eigenvalue weighted by Gasteiger charge is -2.38. The molecule has 1 unspecified atom stereocenters. The fourth-order valence-electron chi connectivity index (χ4n) is 2.01. The second-order valence-corrected chi connectivity index (χ2v) is 4.58. The van der Waals surface area contributed by atoms with Crippen LogP contribution >= 0.6 is 0 Å². The molecule has 0 aromatic carbocycles. The number of carbonyl (C=O) groups excluding carboxylic acids is 1. The predicted octanol–water partition coefficient (Wildman–Crippen LogP) is -1.75. The Labute approximate surface area is 124 Å². The first-order valence-corrected chi connectivity index (χ1v) is 6.21. The van der Waals surface area contributed by atoms with Crippen LogP contribution in [0.15, 0.2) is 16.9 Å². The summed E-state index contributed by atoms with van der Waals surface area (Å²) in [4.78, 5) is 24.8. The number of nitrogens with one attached hydrogen (secondary N) is 1. The van der Waals surface area contributed by atoms with Crippen LogP contribution in [0.4, 0.5) is 0 Å². The fourth-order valence-corrected chi connectivity index (χ4v) is 2.01. The molecule has 1 aliphatic heterocycles. The van der Waals surface area contributed by atoms with Gasteiger partial charge in [-0.15, -0.1) is 0 Å². The monoisotopic (exact) mass is 316 g/mol. The molecule has 0 fully saturated rings. The number of aliphatic carboxylic acids is 1. The molecule has 122 valence electrons. The van der Waals surface area contributed by atoms with Gasteiger partial charge in [0.15, 0.2) is 0 Å². The van der Waals surface area contributed by atoms with Crippen LogP contribution in [0.1, 0.15) is 6.92 Å². The lowest BCUT2D eigenvalue weighted by molar-refractivity contribution is -0.145. The van der Waals surface area contributed by atoms with Crippen LogP contribution in [0, 0.1) is 0 Å². The summed E-state index contributed by atoms with van der Waals surface area (Å²) in [6.45, 7) is 0.349. The van der Waals surface area contributed by atoms with Crippen molar-refractivity contribution in [2.24, 2.45) is 5.11 Å². The number of azide groups is 1. The van der Waals surface area contributed by atoms with Gasteiger partial charge in [0.25, 0.3) is 0 Å². The van der Waals surface area contributed by atoms with E-state index in [-0.39, 0.29) is 0 Å². The van der Waals surface area contributed by atoms with Crippen LogP contribution in [0.2, 0.25) is 0 Å². The average molecular weight is 316 g/mol. The van der Waals surface area contributed by atoms with Crippen molar-refractivity contribution in [2.45, 2.75) is 37.3 Å². The van der Waals surface area contributed by atoms with Gasteiger partial charge in [-0.1, -0.05) is 5.11 Å². The molecular weight excluding hydrogens is 300 g/mol. The first-order valence-electron chi connectivity index (χ1n) is 6.21. The predicted molar refractivity (Wildman–Crippen MR) is 70.2 cm³/mol. The first-order chi connectivity index (χ1) is 10.3. The second kappa shape index (κ2) is 7.61. The SMILES string of the molecule is CC(=O)N[C@@H]1C(N=[N+]=[N-])C=C(C(=O)O)O[C@H]1[C@H](O)[C@H](O)CO. The topological polar surface area (TPSA) is 185 Å². The molecule has 1 rings (SSSR count). The van der Waals surface area contributed by atoms with E-state index in [0.29, 0.717) is 0 Å². The molecule has 5 N–H and O–H groups in total. The number of hydrogen-bond donors (Lipinski definition) is 5. The van der Waals surface area contributed by atoms with Crippen molar-refractivity contribution in [3.63, 3.8) is 0 Å². The van der Waals surface area contributed by atoms with E-state index in [4.69, 9.17) is 20.5 Å². The smallest absolute Gasteiger partial charge is 0.370 e. The zero-order valence-corrected chi connectivity index (χ0v) is 11.5. The van der Waals surface area contributed by atoms with E-state index in [1.165, 1.54) is 0 Å². The number of carboxylic acids is 1. The van der Waals surface area contributed by atoms with Crippen molar-refractivity contribution >= 4 is 11.9 Å². The number of amides is 1. The summed E-state index contributed by atoms with van der Waals surface area (Å²) >= 11 is 0. The molecule has 1 amide bonds. The minimum atomic E-state index is -1.72. The fraction of sp³-hybridized carbons (Fsp3) is 0.636. The van der Waals surface area contributed by atoms with Crippen molar-refractivity contribution < 1.29 is 34.8 Å². The summed E-state index contributed by atoms with van der Waals surface area (Å²) in [7, 11) is 0. The van der Waals surface area contributed by atoms with Gasteiger partial charge in [-0.3, -0.25) is 4.79 Å². The van der Waals surface area contributed by atoms with Crippen LogP contribution in [0.5, 0.6) is 0 Å². The number of aliphatic hydroxyl groups is 3. The van der Waals surface area contributed by atoms with Gasteiger partial charge in [-0.2, -0.15) is 0 Å². The third-order valence-electron chi connectivity index (χ3n) is 2.99. The molecule has 0 aromatic heterocycles. The molecule has 0 radical (unpaired) electrons. The molecule has 1 heterocycles. The number of carbonyl (C=O) groups is 2. The Hall–Kier alpha value is -2.33. The van der Waals surface area contributed by atoms with E-state index in [1.807, 2.05) is 0 Å². The minimum Gasteiger partial charge on any atom is -0.478 e. The highest BCUT2D eigenvalue weighted by molar-refractivity contribution is 5.84. The van der Waals surface area contributed by atoms with Crippen LogP contribution in [-0.4, -0.2) is 69.3 Å². The molecule has 11 nitrogen and oxygen atoms in total. The molecule has 0 spiro atoms. The van der Waals surface area contributed by atoms with Crippen LogP contribution in [0.25, 0.3) is 10.4 Å². The summed E-state index contributed by atoms with van der Waals surface area (Å²) < 4.78 is 5.07. The van der Waals surface area contributed by atoms with Crippen LogP contribution in [0.3, 0.4) is 0 Å². The van der Waals surface area contributed by atoms with E-state index in [2.05, 4.69) is 15.3 Å². The van der Waals surface area contributed by atoms with Crippen molar-refractivity contribution in [3.05, 3.63) is 22.3 Å². The van der Waals surface area contributed by atoms with E-state index in [1.54, 1.807) is 0 Å². The Kier molecular flexibility index (Phi) is 6.13. The van der Waals surface area contributed by atoms with Gasteiger partial charge < -0.3 is 30.5 Å². The summed E-state index contributed by atoms with van der Waals surface area (Å²) in [6, 6.07) is -2.27. The molecule has 1 aliphatic rings. The third kappa shape index (κ3) is 4.09. The second-order valence-electron chi connectivity index (χ2n) is 4.58. The molecular formula is C11H16N4O7. The summed E-state index contributed by atoms with van der Waals surface area (Å²) in [6.07, 6.45) is -3.81. The largest absolute Gasteiger partial charge is 0.478 e. The standard InChI is InChI=1S/C11H16N4O7/c1-4(17)13-8-5(14-15-12)2-7(11(20)21)22-10(8)9(19)6(18)3-16/h2,5-6,8-10,16,18-19H,3H2,1H3,(H,13,17)(H,20,21)/t5?,6-,8-,9-,10-/m1/s1. The molecule has 5 atom stereocenters. The molecule has 0 saturated heterocycles. The zero-order chi connectivity index (χ0) is 16.9. The van der Waals surface area contributed by atoms with Gasteiger partial charge in [0.05, 0.1) is 18.7 Å². The Morgan fingerprint density at radius 2 is 2.18 bits per heavy atom. The van der Waals surface area contributed by atoms with Crippen molar-refractivity contribution in [3.8, 4) is 0 Å². The highest BCUT2D eigenvalue weighted by atomic mass is 16.5. The van der Waals surface area contributed by atoms with E-state index < -0.39 is 54.6 Å². The van der Waals surface area contributed by atoms with Gasteiger partial charge in [0.1, 0.15) is 18.3 Å². The third-order valence-corrected chi connectivity index (χ3v) is 2.99. The quantitative estimate of drug-likeness (QED) is 0.218. The Balaban J connectivity index is 3.23. The van der Waals surface area contributed by atoms with Gasteiger partial charge in [-0.05, 0) is 11.6 Å². The molecule has 0 aliphatic carbocycles. The van der Waals surface area contributed by atoms with Crippen molar-refractivity contribution in [1.29, 1.82) is 0 Å². The number of ether oxygens (including phenoxy) is 1. The first kappa shape index (κ1) is 17.7. The van der Waals surface area contributed by atoms with E-state index in [9.17, 15) is 19.8 Å². The van der Waals surface area contributed by atoms with Gasteiger partial charge in [0.2, 0.25) is 11.7 Å². The number of aliphatic hydroxyl groups excluding tert-OH is 3. The zero-order valence-electron chi connectivity index (χ0n) is 11.5. The number of carboxylic acid groups (broad SMARTS) is 1. The van der Waals surface area contributed by atoms with Gasteiger partial charge in [-0.25, -0.2) is 4.79 Å². The van der Waals surface area contributed by atoms with Gasteiger partial charge >= 0.3 is 5.97 Å². The van der Waals surface area contributed by atoms with E-state index in [0.717, 1.165) is 13.0 Å². The Morgan fingerprint density at radius 1 is 1.55 bits per heavy atom. The lowest BCUT2D eigenvalue weighted by Crippen LogP contribution is -2.59. The molecule has 0 bridgehead atoms. The number of nitrogens with zero attached hydrogens (tertiary/aromatic N) is 3. The lowest BCUT2D eigenvalue weighted by atomic mass is 9.92. The average Bonchev–Trinajstić information content (AvgIpc) is 2.46. The normalized spacial score (nSPS) is 26.7. The molecule has 0 aromatic rings. The maximum absolute atomic E-state index is 11.3. The maximum Gasteiger partial charge on any atom is 0.370 e. The van der Waals surface area contributed by atoms with E-state index >= 15 is 0 Å². The van der Waals surface area contributed by atoms with Gasteiger partial charge in [0, 0.05) is 11.8 Å². The Bertz CT molecular complexity index is 517. The maximum atomic E-state index is 11.3. The Morgan fingerprint density at radius 3 is 2.64 bits per heavy atom. The summed E-state index contributed by atoms with van der Waals surface area (Å²) in [5, 5.41) is 43.1. The highest BCUT2D eigenvalue weighted by Gasteiger charge is 2.43.